The number of hydrogen-bond donors (Lipinski definition) is 1. The summed E-state index contributed by atoms with van der Waals surface area (Å²) in [5.41, 5.74) is 0. The van der Waals surface area contributed by atoms with Crippen LogP contribution in [-0.4, -0.2) is 17.5 Å². The highest BCUT2D eigenvalue weighted by Gasteiger charge is 2.04. The van der Waals surface area contributed by atoms with Crippen LogP contribution in [0, 0.1) is 5.82 Å². The van der Waals surface area contributed by atoms with Crippen LogP contribution in [0.15, 0.2) is 48.7 Å². The summed E-state index contributed by atoms with van der Waals surface area (Å²) in [5, 5.41) is 2.50. The van der Waals surface area contributed by atoms with Crippen LogP contribution in [0.3, 0.4) is 0 Å². The monoisotopic (exact) mass is 246 g/mol. The van der Waals surface area contributed by atoms with E-state index in [1.54, 1.807) is 12.1 Å². The Balaban J connectivity index is 1.84. The van der Waals surface area contributed by atoms with Gasteiger partial charge in [-0.25, -0.2) is 9.37 Å². The minimum atomic E-state index is -0.450. The molecule has 0 aliphatic heterocycles. The van der Waals surface area contributed by atoms with Gasteiger partial charge in [-0.3, -0.25) is 4.79 Å². The first-order valence-corrected chi connectivity index (χ1v) is 5.33. The summed E-state index contributed by atoms with van der Waals surface area (Å²) in [6, 6.07) is 11.6. The molecule has 0 bridgehead atoms. The second kappa shape index (κ2) is 5.77. The smallest absolute Gasteiger partial charge is 0.263 e. The average Bonchev–Trinajstić information content (AvgIpc) is 2.40. The number of nitrogens with one attached hydrogen (secondary N) is 1. The molecule has 0 fully saturated rings. The molecule has 2 aromatic rings. The first-order chi connectivity index (χ1) is 8.74. The van der Waals surface area contributed by atoms with Gasteiger partial charge < -0.3 is 10.1 Å². The molecule has 0 unspecified atom stereocenters. The van der Waals surface area contributed by atoms with Crippen LogP contribution in [0.4, 0.5) is 10.2 Å². The molecule has 0 atom stereocenters. The third-order valence-electron chi connectivity index (χ3n) is 2.11. The molecule has 18 heavy (non-hydrogen) atoms. The highest BCUT2D eigenvalue weighted by Crippen LogP contribution is 2.08. The average molecular weight is 246 g/mol. The van der Waals surface area contributed by atoms with Crippen LogP contribution in [0.5, 0.6) is 5.75 Å². The topological polar surface area (TPSA) is 51.2 Å². The summed E-state index contributed by atoms with van der Waals surface area (Å²) < 4.78 is 17.8. The van der Waals surface area contributed by atoms with E-state index in [4.69, 9.17) is 4.74 Å². The van der Waals surface area contributed by atoms with Gasteiger partial charge in [-0.1, -0.05) is 18.2 Å². The second-order valence-electron chi connectivity index (χ2n) is 3.51. The molecule has 4 nitrogen and oxygen atoms in total. The number of rotatable bonds is 4. The van der Waals surface area contributed by atoms with E-state index in [0.29, 0.717) is 5.75 Å². The third kappa shape index (κ3) is 3.55. The predicted molar refractivity (Wildman–Crippen MR) is 64.8 cm³/mol. The Morgan fingerprint density at radius 1 is 1.22 bits per heavy atom. The van der Waals surface area contributed by atoms with Gasteiger partial charge in [-0.2, -0.15) is 0 Å². The molecule has 1 heterocycles. The van der Waals surface area contributed by atoms with Crippen molar-refractivity contribution in [1.82, 2.24) is 4.98 Å². The molecule has 0 aliphatic carbocycles. The fourth-order valence-electron chi connectivity index (χ4n) is 1.29. The molecular formula is C13H11FN2O2. The van der Waals surface area contributed by atoms with Crippen LogP contribution in [0.2, 0.25) is 0 Å². The van der Waals surface area contributed by atoms with Crippen molar-refractivity contribution in [3.05, 3.63) is 54.5 Å². The number of carbonyl (C=O) groups is 1. The van der Waals surface area contributed by atoms with Gasteiger partial charge in [0.15, 0.2) is 6.61 Å². The zero-order valence-corrected chi connectivity index (χ0v) is 9.47. The number of para-hydroxylation sites is 1. The van der Waals surface area contributed by atoms with E-state index >= 15 is 0 Å². The van der Waals surface area contributed by atoms with Crippen molar-refractivity contribution >= 4 is 11.7 Å². The number of aromatic nitrogens is 1. The summed E-state index contributed by atoms with van der Waals surface area (Å²) in [6.45, 7) is -0.122. The lowest BCUT2D eigenvalue weighted by Gasteiger charge is -2.06. The zero-order chi connectivity index (χ0) is 12.8. The van der Waals surface area contributed by atoms with Crippen LogP contribution in [0.1, 0.15) is 0 Å². The van der Waals surface area contributed by atoms with Crippen LogP contribution in [-0.2, 0) is 4.79 Å². The number of halogens is 1. The van der Waals surface area contributed by atoms with E-state index < -0.39 is 5.82 Å². The summed E-state index contributed by atoms with van der Waals surface area (Å²) in [6.07, 6.45) is 1.04. The molecule has 1 N–H and O–H groups in total. The highest BCUT2D eigenvalue weighted by atomic mass is 19.1. The number of amides is 1. The Morgan fingerprint density at radius 2 is 2.00 bits per heavy atom. The summed E-state index contributed by atoms with van der Waals surface area (Å²) in [4.78, 5) is 15.2. The van der Waals surface area contributed by atoms with Gasteiger partial charge in [-0.05, 0) is 24.3 Å². The van der Waals surface area contributed by atoms with Crippen LogP contribution >= 0.6 is 0 Å². The van der Waals surface area contributed by atoms with Crippen molar-refractivity contribution in [3.63, 3.8) is 0 Å². The molecule has 1 aromatic carbocycles. The quantitative estimate of drug-likeness (QED) is 0.900. The fraction of sp³-hybridized carbons (Fsp3) is 0.0769. The number of anilines is 1. The summed E-state index contributed by atoms with van der Waals surface area (Å²) >= 11 is 0. The molecule has 0 saturated heterocycles. The van der Waals surface area contributed by atoms with E-state index in [9.17, 15) is 9.18 Å². The maximum Gasteiger partial charge on any atom is 0.263 e. The molecule has 0 aliphatic rings. The molecule has 0 radical (unpaired) electrons. The van der Waals surface area contributed by atoms with E-state index in [1.807, 2.05) is 18.2 Å². The number of pyridine rings is 1. The first kappa shape index (κ1) is 12.0. The first-order valence-electron chi connectivity index (χ1n) is 5.33. The Hall–Kier alpha value is -2.43. The Labute approximate surface area is 103 Å². The number of hydrogen-bond acceptors (Lipinski definition) is 3. The van der Waals surface area contributed by atoms with Crippen molar-refractivity contribution in [2.45, 2.75) is 0 Å². The standard InChI is InChI=1S/C13H11FN2O2/c14-10-6-7-12(15-8-10)16-13(17)9-18-11-4-2-1-3-5-11/h1-8H,9H2,(H,15,16,17). The van der Waals surface area contributed by atoms with Crippen molar-refractivity contribution in [2.24, 2.45) is 0 Å². The van der Waals surface area contributed by atoms with Gasteiger partial charge in [0.2, 0.25) is 0 Å². The lowest BCUT2D eigenvalue weighted by atomic mass is 10.3. The lowest BCUT2D eigenvalue weighted by Crippen LogP contribution is -2.20. The lowest BCUT2D eigenvalue weighted by molar-refractivity contribution is -0.118. The van der Waals surface area contributed by atoms with E-state index in [2.05, 4.69) is 10.3 Å². The predicted octanol–water partition coefficient (Wildman–Crippen LogP) is 2.24. The number of benzene rings is 1. The third-order valence-corrected chi connectivity index (χ3v) is 2.11. The molecule has 0 spiro atoms. The molecule has 92 valence electrons. The summed E-state index contributed by atoms with van der Waals surface area (Å²) in [7, 11) is 0. The van der Waals surface area contributed by atoms with Gasteiger partial charge in [-0.15, -0.1) is 0 Å². The van der Waals surface area contributed by atoms with Crippen molar-refractivity contribution in [1.29, 1.82) is 0 Å². The van der Waals surface area contributed by atoms with Gasteiger partial charge in [0.25, 0.3) is 5.91 Å². The summed E-state index contributed by atoms with van der Waals surface area (Å²) in [5.74, 6) is 0.101. The maximum atomic E-state index is 12.6. The molecule has 1 amide bonds. The van der Waals surface area contributed by atoms with Gasteiger partial charge in [0, 0.05) is 0 Å². The highest BCUT2D eigenvalue weighted by molar-refractivity contribution is 5.90. The number of ether oxygens (including phenoxy) is 1. The Bertz CT molecular complexity index is 514. The molecule has 1 aromatic heterocycles. The Kier molecular flexibility index (Phi) is 3.86. The van der Waals surface area contributed by atoms with Crippen molar-refractivity contribution in [3.8, 4) is 5.75 Å². The maximum absolute atomic E-state index is 12.6. The zero-order valence-electron chi connectivity index (χ0n) is 9.47. The fourth-order valence-corrected chi connectivity index (χ4v) is 1.29. The van der Waals surface area contributed by atoms with Crippen molar-refractivity contribution < 1.29 is 13.9 Å². The Morgan fingerprint density at radius 3 is 2.67 bits per heavy atom. The second-order valence-corrected chi connectivity index (χ2v) is 3.51. The molecule has 0 saturated carbocycles. The van der Waals surface area contributed by atoms with Crippen molar-refractivity contribution in [2.75, 3.05) is 11.9 Å². The minimum absolute atomic E-state index is 0.122. The van der Waals surface area contributed by atoms with Gasteiger partial charge in [0.1, 0.15) is 17.4 Å². The van der Waals surface area contributed by atoms with E-state index in [1.165, 1.54) is 12.1 Å². The minimum Gasteiger partial charge on any atom is -0.484 e. The largest absolute Gasteiger partial charge is 0.484 e. The molecule has 5 heteroatoms. The van der Waals surface area contributed by atoms with Gasteiger partial charge >= 0.3 is 0 Å². The molecule has 2 rings (SSSR count). The normalized spacial score (nSPS) is 9.83. The van der Waals surface area contributed by atoms with E-state index in [-0.39, 0.29) is 18.3 Å². The van der Waals surface area contributed by atoms with Crippen LogP contribution in [0.25, 0.3) is 0 Å². The number of nitrogens with zero attached hydrogens (tertiary/aromatic N) is 1. The molecular weight excluding hydrogens is 235 g/mol. The van der Waals surface area contributed by atoms with E-state index in [0.717, 1.165) is 6.20 Å². The van der Waals surface area contributed by atoms with Crippen LogP contribution < -0.4 is 10.1 Å². The number of carbonyl (C=O) groups excluding carboxylic acids is 1. The van der Waals surface area contributed by atoms with Gasteiger partial charge in [0.05, 0.1) is 6.20 Å². The SMILES string of the molecule is O=C(COc1ccccc1)Nc1ccc(F)cn1.